The highest BCUT2D eigenvalue weighted by Gasteiger charge is 2.24. The van der Waals surface area contributed by atoms with E-state index in [2.05, 4.69) is 11.2 Å². The maximum atomic E-state index is 12.9. The number of rotatable bonds is 3. The number of oxime groups is 1. The molecule has 0 fully saturated rings. The van der Waals surface area contributed by atoms with Crippen molar-refractivity contribution >= 4 is 11.7 Å². The van der Waals surface area contributed by atoms with E-state index in [4.69, 9.17) is 9.57 Å². The molecule has 0 saturated carbocycles. The van der Waals surface area contributed by atoms with Crippen LogP contribution in [0.1, 0.15) is 56.0 Å². The Labute approximate surface area is 166 Å². The van der Waals surface area contributed by atoms with Crippen molar-refractivity contribution in [3.05, 3.63) is 47.6 Å². The molecule has 6 heteroatoms. The van der Waals surface area contributed by atoms with E-state index in [1.54, 1.807) is 0 Å². The Balaban J connectivity index is 2.49. The van der Waals surface area contributed by atoms with E-state index in [1.807, 2.05) is 39.0 Å². The van der Waals surface area contributed by atoms with Gasteiger partial charge < -0.3 is 19.8 Å². The lowest BCUT2D eigenvalue weighted by molar-refractivity contribution is 0.0189. The Hall–Kier alpha value is -2.76. The average molecular weight is 387 g/mol. The van der Waals surface area contributed by atoms with Crippen molar-refractivity contribution in [2.24, 2.45) is 11.1 Å². The summed E-state index contributed by atoms with van der Waals surface area (Å²) in [7, 11) is 0. The number of phenolic OH excluding ortho intramolecular Hbond substituents is 2. The minimum atomic E-state index is -0.614. The normalized spacial score (nSPS) is 22.2. The predicted octanol–water partition coefficient (Wildman–Crippen LogP) is 4.51. The second-order valence-corrected chi connectivity index (χ2v) is 7.05. The SMILES string of the molecule is CCON=C1/C=C/CC/C=C/C[C@@H](C(C)C)OC(=O)c2c(O)cc(O)cc2C1. The molecule has 0 amide bonds. The van der Waals surface area contributed by atoms with E-state index in [1.165, 1.54) is 6.07 Å². The van der Waals surface area contributed by atoms with Gasteiger partial charge in [-0.1, -0.05) is 37.2 Å². The second-order valence-electron chi connectivity index (χ2n) is 7.05. The van der Waals surface area contributed by atoms with Crippen LogP contribution in [0, 0.1) is 5.92 Å². The molecule has 0 aliphatic carbocycles. The topological polar surface area (TPSA) is 88.4 Å². The summed E-state index contributed by atoms with van der Waals surface area (Å²) in [5.41, 5.74) is 1.06. The first kappa shape index (κ1) is 21.5. The number of phenols is 2. The standard InChI is InChI=1S/C22H29NO5/c1-4-27-23-17-10-8-6-5-7-9-11-20(15(2)3)28-22(26)21-16(12-17)13-18(24)14-19(21)25/h7-10,13-15,20,24-25H,4-6,11-12H2,1-3H3/b9-7+,10-8+,23-17?/t20-/m0/s1. The number of esters is 1. The molecule has 152 valence electrons. The van der Waals surface area contributed by atoms with E-state index in [9.17, 15) is 15.0 Å². The molecule has 28 heavy (non-hydrogen) atoms. The highest BCUT2D eigenvalue weighted by molar-refractivity contribution is 6.00. The molecular weight excluding hydrogens is 358 g/mol. The number of hydrogen-bond acceptors (Lipinski definition) is 6. The molecule has 1 aromatic carbocycles. The third kappa shape index (κ3) is 6.15. The van der Waals surface area contributed by atoms with Crippen molar-refractivity contribution in [2.75, 3.05) is 6.61 Å². The quantitative estimate of drug-likeness (QED) is 0.452. The van der Waals surface area contributed by atoms with Crippen molar-refractivity contribution in [1.29, 1.82) is 0 Å². The van der Waals surface area contributed by atoms with E-state index in [0.29, 0.717) is 24.3 Å². The Bertz CT molecular complexity index is 764. The molecule has 1 heterocycles. The van der Waals surface area contributed by atoms with Gasteiger partial charge in [0, 0.05) is 18.9 Å². The molecule has 0 aromatic heterocycles. The summed E-state index contributed by atoms with van der Waals surface area (Å²) < 4.78 is 5.70. The molecule has 0 saturated heterocycles. The number of fused-ring (bicyclic) bond motifs is 1. The molecule has 1 aliphatic heterocycles. The van der Waals surface area contributed by atoms with Crippen LogP contribution in [-0.4, -0.2) is 34.6 Å². The number of aromatic hydroxyl groups is 2. The second kappa shape index (κ2) is 10.5. The Morgan fingerprint density at radius 3 is 2.68 bits per heavy atom. The molecule has 0 bridgehead atoms. The van der Waals surface area contributed by atoms with Crippen LogP contribution in [0.5, 0.6) is 11.5 Å². The van der Waals surface area contributed by atoms with Gasteiger partial charge >= 0.3 is 5.97 Å². The average Bonchev–Trinajstić information content (AvgIpc) is 2.62. The molecule has 0 radical (unpaired) electrons. The zero-order valence-electron chi connectivity index (χ0n) is 16.7. The summed E-state index contributed by atoms with van der Waals surface area (Å²) in [6.45, 7) is 6.22. The number of cyclic esters (lactones) is 1. The zero-order chi connectivity index (χ0) is 20.5. The maximum absolute atomic E-state index is 12.9. The highest BCUT2D eigenvalue weighted by Crippen LogP contribution is 2.30. The van der Waals surface area contributed by atoms with Crippen LogP contribution in [0.15, 0.2) is 41.6 Å². The van der Waals surface area contributed by atoms with Gasteiger partial charge in [0.2, 0.25) is 0 Å². The molecule has 1 atom stereocenters. The lowest BCUT2D eigenvalue weighted by Gasteiger charge is -2.21. The zero-order valence-corrected chi connectivity index (χ0v) is 16.7. The van der Waals surface area contributed by atoms with Crippen molar-refractivity contribution in [2.45, 2.75) is 52.6 Å². The van der Waals surface area contributed by atoms with Crippen LogP contribution < -0.4 is 0 Å². The molecule has 2 N–H and O–H groups in total. The van der Waals surface area contributed by atoms with Crippen LogP contribution in [0.2, 0.25) is 0 Å². The van der Waals surface area contributed by atoms with Crippen molar-refractivity contribution in [3.8, 4) is 11.5 Å². The lowest BCUT2D eigenvalue weighted by atomic mass is 9.98. The van der Waals surface area contributed by atoms with Gasteiger partial charge in [-0.25, -0.2) is 4.79 Å². The summed E-state index contributed by atoms with van der Waals surface area (Å²) in [5.74, 6) is -0.936. The molecule has 1 aliphatic rings. The minimum absolute atomic E-state index is 0.0436. The molecular formula is C22H29NO5. The van der Waals surface area contributed by atoms with Gasteiger partial charge in [-0.2, -0.15) is 0 Å². The summed E-state index contributed by atoms with van der Waals surface area (Å²) in [4.78, 5) is 18.0. The fourth-order valence-corrected chi connectivity index (χ4v) is 2.92. The minimum Gasteiger partial charge on any atom is -0.508 e. The third-order valence-electron chi connectivity index (χ3n) is 4.42. The van der Waals surface area contributed by atoms with Gasteiger partial charge in [-0.3, -0.25) is 0 Å². The van der Waals surface area contributed by atoms with Gasteiger partial charge in [-0.15, -0.1) is 0 Å². The Morgan fingerprint density at radius 2 is 1.96 bits per heavy atom. The summed E-state index contributed by atoms with van der Waals surface area (Å²) >= 11 is 0. The molecule has 6 nitrogen and oxygen atoms in total. The number of hydrogen-bond donors (Lipinski definition) is 2. The third-order valence-corrected chi connectivity index (χ3v) is 4.42. The Kier molecular flexibility index (Phi) is 8.11. The van der Waals surface area contributed by atoms with E-state index < -0.39 is 5.97 Å². The number of carbonyl (C=O) groups excluding carboxylic acids is 1. The van der Waals surface area contributed by atoms with Crippen molar-refractivity contribution < 1.29 is 24.6 Å². The molecule has 1 aromatic rings. The van der Waals surface area contributed by atoms with Crippen LogP contribution in [-0.2, 0) is 16.0 Å². The number of carbonyl (C=O) groups is 1. The number of benzene rings is 1. The number of ether oxygens (including phenoxy) is 1. The van der Waals surface area contributed by atoms with E-state index >= 15 is 0 Å². The van der Waals surface area contributed by atoms with Crippen molar-refractivity contribution in [3.63, 3.8) is 0 Å². The maximum Gasteiger partial charge on any atom is 0.342 e. The first-order valence-corrected chi connectivity index (χ1v) is 9.68. The smallest absolute Gasteiger partial charge is 0.342 e. The number of nitrogens with zero attached hydrogens (tertiary/aromatic N) is 1. The lowest BCUT2D eigenvalue weighted by Crippen LogP contribution is -2.24. The summed E-state index contributed by atoms with van der Waals surface area (Å²) in [6, 6.07) is 2.59. The first-order valence-electron chi connectivity index (χ1n) is 9.68. The van der Waals surface area contributed by atoms with Crippen molar-refractivity contribution in [1.82, 2.24) is 0 Å². The van der Waals surface area contributed by atoms with Gasteiger partial charge in [0.25, 0.3) is 0 Å². The van der Waals surface area contributed by atoms with Crippen LogP contribution in [0.4, 0.5) is 0 Å². The first-order chi connectivity index (χ1) is 13.4. The van der Waals surface area contributed by atoms with Crippen LogP contribution in [0.25, 0.3) is 0 Å². The highest BCUT2D eigenvalue weighted by atomic mass is 16.6. The Morgan fingerprint density at radius 1 is 1.21 bits per heavy atom. The largest absolute Gasteiger partial charge is 0.508 e. The monoisotopic (exact) mass is 387 g/mol. The number of allylic oxidation sites excluding steroid dienone is 3. The van der Waals surface area contributed by atoms with Gasteiger partial charge in [0.1, 0.15) is 29.8 Å². The van der Waals surface area contributed by atoms with Gasteiger partial charge in [-0.05, 0) is 43.4 Å². The van der Waals surface area contributed by atoms with E-state index in [0.717, 1.165) is 18.9 Å². The fraction of sp³-hybridized carbons (Fsp3) is 0.455. The van der Waals surface area contributed by atoms with Gasteiger partial charge in [0.05, 0.1) is 5.71 Å². The van der Waals surface area contributed by atoms with Crippen LogP contribution >= 0.6 is 0 Å². The molecule has 0 unspecified atom stereocenters. The summed E-state index contributed by atoms with van der Waals surface area (Å²) in [5, 5.41) is 24.3. The molecule has 0 spiro atoms. The predicted molar refractivity (Wildman–Crippen MR) is 109 cm³/mol. The van der Waals surface area contributed by atoms with Gasteiger partial charge in [0.15, 0.2) is 0 Å². The van der Waals surface area contributed by atoms with Crippen LogP contribution in [0.3, 0.4) is 0 Å². The summed E-state index contributed by atoms with van der Waals surface area (Å²) in [6.07, 6.45) is 10.1. The molecule has 2 rings (SSSR count). The fourth-order valence-electron chi connectivity index (χ4n) is 2.92. The van der Waals surface area contributed by atoms with E-state index in [-0.39, 0.29) is 35.5 Å².